The molecule has 3 nitrogen and oxygen atoms in total. The summed E-state index contributed by atoms with van der Waals surface area (Å²) >= 11 is 0. The van der Waals surface area contributed by atoms with Crippen molar-refractivity contribution in [1.29, 1.82) is 0 Å². The number of hydrogen-bond acceptors (Lipinski definition) is 2. The number of para-hydroxylation sites is 3. The Morgan fingerprint density at radius 1 is 0.177 bits per heavy atom. The zero-order valence-electron chi connectivity index (χ0n) is 62.3. The van der Waals surface area contributed by atoms with E-state index in [1.165, 1.54) is 133 Å². The molecule has 1 aromatic heterocycles. The first-order valence-electron chi connectivity index (χ1n) is 39.0. The molecule has 2 aliphatic rings. The largest absolute Gasteiger partial charge is 0.311 e. The molecule has 19 aromatic rings. The average molecular weight is 1440 g/mol. The monoisotopic (exact) mass is 1440 g/mol. The zero-order chi connectivity index (χ0) is 75.1. The molecular formula is C110H77N3. The number of aromatic nitrogens is 1. The molecule has 0 unspecified atom stereocenters. The van der Waals surface area contributed by atoms with Gasteiger partial charge >= 0.3 is 0 Å². The topological polar surface area (TPSA) is 11.4 Å². The van der Waals surface area contributed by atoms with Gasteiger partial charge in [0.2, 0.25) is 0 Å². The third-order valence-electron chi connectivity index (χ3n) is 23.2. The number of benzene rings is 18. The first-order chi connectivity index (χ1) is 56.1. The summed E-state index contributed by atoms with van der Waals surface area (Å²) in [7, 11) is 0. The standard InChI is InChI=1S/C62H43N.C48H34N2/c1-6-22-44(23-7-1)51-32-18-21-37-60(51)63(49-38-40-54-52-33-16-19-35-56(52)61(58(54)42-49,45-24-8-2-9-25-45)46-26-10-3-11-27-46)50-39-41-55-53-34-17-20-36-57(53)62(59(55)43-50,47-28-12-4-13-29-47)48-30-14-5-15-31-48;1-3-12-35(13-4-1)37-22-28-41(29-23-37)49(42-30-24-38(25-31-42)36-14-5-2-6-15-36)43-32-26-39(27-33-43)40-16-11-17-44(34-40)50-47-20-9-7-18-45(47)46-19-8-10-21-48(46)50/h1-43H;1-34H. The van der Waals surface area contributed by atoms with Gasteiger partial charge in [-0.25, -0.2) is 0 Å². The summed E-state index contributed by atoms with van der Waals surface area (Å²) in [5, 5.41) is 2.54. The van der Waals surface area contributed by atoms with E-state index >= 15 is 0 Å². The predicted molar refractivity (Wildman–Crippen MR) is 473 cm³/mol. The van der Waals surface area contributed by atoms with E-state index < -0.39 is 10.8 Å². The van der Waals surface area contributed by atoms with Crippen molar-refractivity contribution in [2.75, 3.05) is 9.80 Å². The second kappa shape index (κ2) is 29.1. The van der Waals surface area contributed by atoms with Gasteiger partial charge in [-0.15, -0.1) is 0 Å². The number of hydrogen-bond donors (Lipinski definition) is 0. The molecule has 1 heterocycles. The number of rotatable bonds is 15. The van der Waals surface area contributed by atoms with Gasteiger partial charge in [0.25, 0.3) is 0 Å². The van der Waals surface area contributed by atoms with Crippen molar-refractivity contribution >= 4 is 55.9 Å². The maximum atomic E-state index is 2.51. The molecular weight excluding hydrogens is 1360 g/mol. The van der Waals surface area contributed by atoms with Crippen molar-refractivity contribution in [3.63, 3.8) is 0 Å². The van der Waals surface area contributed by atoms with Crippen LogP contribution in [-0.2, 0) is 10.8 Å². The summed E-state index contributed by atoms with van der Waals surface area (Å²) in [5.41, 5.74) is 33.9. The highest BCUT2D eigenvalue weighted by molar-refractivity contribution is 6.09. The molecule has 21 rings (SSSR count). The molecule has 0 aliphatic heterocycles. The van der Waals surface area contributed by atoms with Crippen LogP contribution in [0.15, 0.2) is 467 Å². The molecule has 0 spiro atoms. The normalized spacial score (nSPS) is 12.6. The summed E-state index contributed by atoms with van der Waals surface area (Å²) in [4.78, 5) is 4.85. The molecule has 0 saturated carbocycles. The van der Waals surface area contributed by atoms with Crippen molar-refractivity contribution in [3.05, 3.63) is 512 Å². The van der Waals surface area contributed by atoms with Gasteiger partial charge in [0, 0.05) is 50.5 Å². The molecule has 0 N–H and O–H groups in total. The van der Waals surface area contributed by atoms with Gasteiger partial charge < -0.3 is 14.4 Å². The van der Waals surface area contributed by atoms with E-state index in [9.17, 15) is 0 Å². The lowest BCUT2D eigenvalue weighted by molar-refractivity contribution is 0.767. The Labute approximate surface area is 660 Å². The van der Waals surface area contributed by atoms with Gasteiger partial charge in [0.15, 0.2) is 0 Å². The van der Waals surface area contributed by atoms with Crippen LogP contribution < -0.4 is 9.80 Å². The molecule has 18 aromatic carbocycles. The van der Waals surface area contributed by atoms with Gasteiger partial charge in [-0.05, 0) is 197 Å². The first kappa shape index (κ1) is 67.7. The van der Waals surface area contributed by atoms with E-state index in [-0.39, 0.29) is 0 Å². The molecule has 2 aliphatic carbocycles. The van der Waals surface area contributed by atoms with Crippen LogP contribution in [0, 0.1) is 0 Å². The summed E-state index contributed by atoms with van der Waals surface area (Å²) in [6.07, 6.45) is 0. The van der Waals surface area contributed by atoms with E-state index in [2.05, 4.69) is 481 Å². The van der Waals surface area contributed by atoms with Crippen molar-refractivity contribution < 1.29 is 0 Å². The van der Waals surface area contributed by atoms with Crippen molar-refractivity contribution in [3.8, 4) is 72.4 Å². The smallest absolute Gasteiger partial charge is 0.0714 e. The summed E-state index contributed by atoms with van der Waals surface area (Å²) < 4.78 is 2.38. The minimum atomic E-state index is -0.537. The van der Waals surface area contributed by atoms with Crippen LogP contribution in [0.25, 0.3) is 94.3 Å². The average Bonchev–Trinajstić information content (AvgIpc) is 1.55. The van der Waals surface area contributed by atoms with Gasteiger partial charge in [-0.3, -0.25) is 0 Å². The third-order valence-corrected chi connectivity index (χ3v) is 23.2. The molecule has 3 heteroatoms. The van der Waals surface area contributed by atoms with E-state index in [0.29, 0.717) is 0 Å². The Morgan fingerprint density at radius 2 is 0.478 bits per heavy atom. The fraction of sp³-hybridized carbons (Fsp3) is 0.0182. The van der Waals surface area contributed by atoms with E-state index in [4.69, 9.17) is 0 Å². The summed E-state index contributed by atoms with van der Waals surface area (Å²) in [6, 6.07) is 171. The minimum absolute atomic E-state index is 0.537. The molecule has 0 atom stereocenters. The SMILES string of the molecule is c1ccc(-c2ccc(N(c3ccc(-c4ccccc4)cc3)c3ccc(-c4cccc(-n5c6ccccc6c6ccccc65)c4)cc3)cc2)cc1.c1ccc(-c2ccccc2N(c2ccc3c(c2)C(c2ccccc2)(c2ccccc2)c2ccccc2-3)c2ccc3c(c2)C(c2ccccc2)(c2ccccc2)c2ccccc2-3)cc1. The van der Waals surface area contributed by atoms with Crippen LogP contribution in [0.3, 0.4) is 0 Å². The Kier molecular flexibility index (Phi) is 17.4. The third kappa shape index (κ3) is 11.8. The van der Waals surface area contributed by atoms with Crippen molar-refractivity contribution in [1.82, 2.24) is 4.57 Å². The van der Waals surface area contributed by atoms with Crippen LogP contribution in [0.2, 0.25) is 0 Å². The fourth-order valence-corrected chi connectivity index (χ4v) is 18.2. The number of nitrogens with zero attached hydrogens (tertiary/aromatic N) is 3. The lowest BCUT2D eigenvalue weighted by Crippen LogP contribution is -2.29. The van der Waals surface area contributed by atoms with E-state index in [1.54, 1.807) is 0 Å². The van der Waals surface area contributed by atoms with Gasteiger partial charge in [-0.1, -0.05) is 376 Å². The Balaban J connectivity index is 0.000000151. The second-order valence-corrected chi connectivity index (χ2v) is 29.4. The Morgan fingerprint density at radius 3 is 0.894 bits per heavy atom. The van der Waals surface area contributed by atoms with Crippen molar-refractivity contribution in [2.24, 2.45) is 0 Å². The molecule has 0 saturated heterocycles. The van der Waals surface area contributed by atoms with Crippen molar-refractivity contribution in [2.45, 2.75) is 10.8 Å². The van der Waals surface area contributed by atoms with Crippen LogP contribution in [0.1, 0.15) is 44.5 Å². The summed E-state index contributed by atoms with van der Waals surface area (Å²) in [6.45, 7) is 0. The first-order valence-corrected chi connectivity index (χ1v) is 39.0. The Bertz CT molecular complexity index is 6220. The van der Waals surface area contributed by atoms with Gasteiger partial charge in [0.1, 0.15) is 0 Å². The van der Waals surface area contributed by atoms with Crippen LogP contribution >= 0.6 is 0 Å². The lowest BCUT2D eigenvalue weighted by atomic mass is 9.67. The van der Waals surface area contributed by atoms with Crippen LogP contribution in [0.5, 0.6) is 0 Å². The molecule has 0 bridgehead atoms. The maximum Gasteiger partial charge on any atom is 0.0714 e. The highest BCUT2D eigenvalue weighted by Crippen LogP contribution is 2.60. The van der Waals surface area contributed by atoms with E-state index in [1.807, 2.05) is 0 Å². The summed E-state index contributed by atoms with van der Waals surface area (Å²) in [5.74, 6) is 0. The lowest BCUT2D eigenvalue weighted by Gasteiger charge is -2.36. The van der Waals surface area contributed by atoms with Gasteiger partial charge in [0.05, 0.1) is 27.6 Å². The van der Waals surface area contributed by atoms with Crippen LogP contribution in [0.4, 0.5) is 34.1 Å². The zero-order valence-corrected chi connectivity index (χ0v) is 62.3. The second-order valence-electron chi connectivity index (χ2n) is 29.4. The number of fused-ring (bicyclic) bond motifs is 9. The number of anilines is 6. The Hall–Kier alpha value is -14.6. The van der Waals surface area contributed by atoms with Crippen LogP contribution in [-0.4, -0.2) is 4.57 Å². The molecule has 532 valence electrons. The maximum absolute atomic E-state index is 2.51. The molecule has 0 radical (unpaired) electrons. The predicted octanol–water partition coefficient (Wildman–Crippen LogP) is 28.8. The molecule has 113 heavy (non-hydrogen) atoms. The highest BCUT2D eigenvalue weighted by Gasteiger charge is 2.48. The van der Waals surface area contributed by atoms with Gasteiger partial charge in [-0.2, -0.15) is 0 Å². The molecule has 0 amide bonds. The van der Waals surface area contributed by atoms with E-state index in [0.717, 1.165) is 39.8 Å². The quantitative estimate of drug-likeness (QED) is 0.101. The fourth-order valence-electron chi connectivity index (χ4n) is 18.2. The molecule has 0 fully saturated rings. The minimum Gasteiger partial charge on any atom is -0.311 e. The highest BCUT2D eigenvalue weighted by atomic mass is 15.2.